The lowest BCUT2D eigenvalue weighted by Gasteiger charge is -2.28. The fraction of sp³-hybridized carbons (Fsp3) is 0.538. The molecule has 0 heterocycles. The van der Waals surface area contributed by atoms with E-state index in [4.69, 9.17) is 11.6 Å². The predicted molar refractivity (Wildman–Crippen MR) is 72.4 cm³/mol. The first-order valence-electron chi connectivity index (χ1n) is 5.87. The molecule has 0 spiro atoms. The van der Waals surface area contributed by atoms with Crippen molar-refractivity contribution in [1.29, 1.82) is 0 Å². The SMILES string of the molecule is CNC1CCCC(Sc2ccc(Cl)cc2)C1. The molecule has 1 nitrogen and oxygen atoms in total. The smallest absolute Gasteiger partial charge is 0.0406 e. The Bertz CT molecular complexity index is 325. The van der Waals surface area contributed by atoms with Crippen molar-refractivity contribution in [3.8, 4) is 0 Å². The van der Waals surface area contributed by atoms with Crippen molar-refractivity contribution in [1.82, 2.24) is 5.32 Å². The Morgan fingerprint density at radius 2 is 2.00 bits per heavy atom. The van der Waals surface area contributed by atoms with Gasteiger partial charge in [0.2, 0.25) is 0 Å². The first-order chi connectivity index (χ1) is 7.78. The van der Waals surface area contributed by atoms with Crippen molar-refractivity contribution >= 4 is 23.4 Å². The molecule has 2 atom stereocenters. The summed E-state index contributed by atoms with van der Waals surface area (Å²) in [5.74, 6) is 0. The lowest BCUT2D eigenvalue weighted by molar-refractivity contribution is 0.402. The van der Waals surface area contributed by atoms with E-state index in [-0.39, 0.29) is 0 Å². The highest BCUT2D eigenvalue weighted by Crippen LogP contribution is 2.34. The van der Waals surface area contributed by atoms with Crippen molar-refractivity contribution in [3.63, 3.8) is 0 Å². The summed E-state index contributed by atoms with van der Waals surface area (Å²) in [6, 6.07) is 8.90. The summed E-state index contributed by atoms with van der Waals surface area (Å²) < 4.78 is 0. The van der Waals surface area contributed by atoms with Gasteiger partial charge in [0.15, 0.2) is 0 Å². The lowest BCUT2D eigenvalue weighted by atomic mass is 9.95. The molecule has 0 amide bonds. The molecule has 0 aliphatic heterocycles. The fourth-order valence-corrected chi connectivity index (χ4v) is 3.64. The van der Waals surface area contributed by atoms with Crippen molar-refractivity contribution in [2.75, 3.05) is 7.05 Å². The Labute approximate surface area is 107 Å². The molecule has 0 radical (unpaired) electrons. The third-order valence-electron chi connectivity index (χ3n) is 3.15. The third-order valence-corrected chi connectivity index (χ3v) is 4.71. The summed E-state index contributed by atoms with van der Waals surface area (Å²) in [5, 5.41) is 4.97. The Balaban J connectivity index is 1.91. The van der Waals surface area contributed by atoms with Gasteiger partial charge in [-0.3, -0.25) is 0 Å². The number of rotatable bonds is 3. The second-order valence-electron chi connectivity index (χ2n) is 4.35. The number of halogens is 1. The summed E-state index contributed by atoms with van der Waals surface area (Å²) in [5.41, 5.74) is 0. The van der Waals surface area contributed by atoms with Gasteiger partial charge in [-0.25, -0.2) is 0 Å². The van der Waals surface area contributed by atoms with Crippen molar-refractivity contribution in [2.24, 2.45) is 0 Å². The Hall–Kier alpha value is -0.180. The molecule has 1 fully saturated rings. The zero-order valence-corrected chi connectivity index (χ0v) is 11.2. The maximum absolute atomic E-state index is 5.88. The van der Waals surface area contributed by atoms with E-state index in [1.54, 1.807) is 0 Å². The molecule has 1 N–H and O–H groups in total. The van der Waals surface area contributed by atoms with E-state index in [0.717, 1.165) is 10.3 Å². The van der Waals surface area contributed by atoms with E-state index in [9.17, 15) is 0 Å². The van der Waals surface area contributed by atoms with Gasteiger partial charge in [-0.05, 0) is 50.6 Å². The summed E-state index contributed by atoms with van der Waals surface area (Å²) in [7, 11) is 2.07. The van der Waals surface area contributed by atoms with E-state index in [1.165, 1.54) is 30.6 Å². The van der Waals surface area contributed by atoms with Crippen LogP contribution in [0.2, 0.25) is 5.02 Å². The minimum absolute atomic E-state index is 0.707. The molecule has 3 heteroatoms. The molecule has 0 saturated heterocycles. The Morgan fingerprint density at radius 3 is 2.69 bits per heavy atom. The van der Waals surface area contributed by atoms with Crippen LogP contribution < -0.4 is 5.32 Å². The molecule has 1 aromatic rings. The third kappa shape index (κ3) is 3.41. The molecule has 2 unspecified atom stereocenters. The number of nitrogens with one attached hydrogen (secondary N) is 1. The van der Waals surface area contributed by atoms with Gasteiger partial charge in [-0.15, -0.1) is 11.8 Å². The summed E-state index contributed by atoms with van der Waals surface area (Å²) in [6.45, 7) is 0. The predicted octanol–water partition coefficient (Wildman–Crippen LogP) is 3.96. The van der Waals surface area contributed by atoms with Crippen LogP contribution in [0.25, 0.3) is 0 Å². The zero-order valence-electron chi connectivity index (χ0n) is 9.58. The van der Waals surface area contributed by atoms with Crippen molar-refractivity contribution < 1.29 is 0 Å². The quantitative estimate of drug-likeness (QED) is 0.877. The molecule has 2 rings (SSSR count). The van der Waals surface area contributed by atoms with Crippen LogP contribution in [-0.4, -0.2) is 18.3 Å². The maximum Gasteiger partial charge on any atom is 0.0406 e. The molecule has 1 aliphatic carbocycles. The normalized spacial score (nSPS) is 25.6. The topological polar surface area (TPSA) is 12.0 Å². The number of hydrogen-bond acceptors (Lipinski definition) is 2. The van der Waals surface area contributed by atoms with Gasteiger partial charge in [0, 0.05) is 21.2 Å². The van der Waals surface area contributed by atoms with Crippen LogP contribution in [0.3, 0.4) is 0 Å². The minimum atomic E-state index is 0.707. The molecule has 0 bridgehead atoms. The Kier molecular flexibility index (Phi) is 4.56. The van der Waals surface area contributed by atoms with Crippen LogP contribution in [0.15, 0.2) is 29.2 Å². The van der Waals surface area contributed by atoms with Gasteiger partial charge in [0.25, 0.3) is 0 Å². The standard InChI is InChI=1S/C13H18ClNS/c1-15-11-3-2-4-13(9-11)16-12-7-5-10(14)6-8-12/h5-8,11,13,15H,2-4,9H2,1H3. The average molecular weight is 256 g/mol. The van der Waals surface area contributed by atoms with Crippen LogP contribution in [0.4, 0.5) is 0 Å². The second kappa shape index (κ2) is 5.95. The molecular weight excluding hydrogens is 238 g/mol. The summed E-state index contributed by atoms with van der Waals surface area (Å²) in [6.07, 6.45) is 5.29. The molecule has 88 valence electrons. The lowest BCUT2D eigenvalue weighted by Crippen LogP contribution is -2.32. The molecular formula is C13H18ClNS. The summed E-state index contributed by atoms with van der Waals surface area (Å²) in [4.78, 5) is 1.34. The Morgan fingerprint density at radius 1 is 1.25 bits per heavy atom. The van der Waals surface area contributed by atoms with Gasteiger partial charge in [-0.1, -0.05) is 18.0 Å². The maximum atomic E-state index is 5.88. The molecule has 1 aromatic carbocycles. The van der Waals surface area contributed by atoms with Gasteiger partial charge < -0.3 is 5.32 Å². The van der Waals surface area contributed by atoms with Crippen LogP contribution in [-0.2, 0) is 0 Å². The summed E-state index contributed by atoms with van der Waals surface area (Å²) >= 11 is 7.87. The van der Waals surface area contributed by atoms with E-state index in [0.29, 0.717) is 6.04 Å². The van der Waals surface area contributed by atoms with Crippen molar-refractivity contribution in [3.05, 3.63) is 29.3 Å². The first kappa shape index (κ1) is 12.3. The largest absolute Gasteiger partial charge is 0.317 e. The molecule has 1 saturated carbocycles. The van der Waals surface area contributed by atoms with E-state index in [1.807, 2.05) is 23.9 Å². The van der Waals surface area contributed by atoms with Crippen LogP contribution in [0, 0.1) is 0 Å². The second-order valence-corrected chi connectivity index (χ2v) is 6.16. The van der Waals surface area contributed by atoms with Crippen molar-refractivity contribution in [2.45, 2.75) is 41.9 Å². The monoisotopic (exact) mass is 255 g/mol. The van der Waals surface area contributed by atoms with Crippen LogP contribution in [0.5, 0.6) is 0 Å². The highest BCUT2D eigenvalue weighted by molar-refractivity contribution is 8.00. The highest BCUT2D eigenvalue weighted by Gasteiger charge is 2.21. The van der Waals surface area contributed by atoms with Crippen LogP contribution in [0.1, 0.15) is 25.7 Å². The first-order valence-corrected chi connectivity index (χ1v) is 7.13. The number of hydrogen-bond donors (Lipinski definition) is 1. The van der Waals surface area contributed by atoms with Crippen LogP contribution >= 0.6 is 23.4 Å². The van der Waals surface area contributed by atoms with Gasteiger partial charge in [0.1, 0.15) is 0 Å². The average Bonchev–Trinajstić information content (AvgIpc) is 2.32. The minimum Gasteiger partial charge on any atom is -0.317 e. The van der Waals surface area contributed by atoms with Gasteiger partial charge in [-0.2, -0.15) is 0 Å². The van der Waals surface area contributed by atoms with Gasteiger partial charge in [0.05, 0.1) is 0 Å². The highest BCUT2D eigenvalue weighted by atomic mass is 35.5. The zero-order chi connectivity index (χ0) is 11.4. The fourth-order valence-electron chi connectivity index (χ4n) is 2.22. The number of thioether (sulfide) groups is 1. The molecule has 16 heavy (non-hydrogen) atoms. The van der Waals surface area contributed by atoms with Gasteiger partial charge >= 0.3 is 0 Å². The van der Waals surface area contributed by atoms with E-state index >= 15 is 0 Å². The molecule has 1 aliphatic rings. The van der Waals surface area contributed by atoms with E-state index in [2.05, 4.69) is 24.5 Å². The number of benzene rings is 1. The molecule has 0 aromatic heterocycles. The van der Waals surface area contributed by atoms with E-state index < -0.39 is 0 Å².